The summed E-state index contributed by atoms with van der Waals surface area (Å²) in [4.78, 5) is 0. The SMILES string of the molecule is CCOc1ccccc1-n1nnnc1Cl. The van der Waals surface area contributed by atoms with Crippen molar-refractivity contribution in [2.75, 3.05) is 6.61 Å². The van der Waals surface area contributed by atoms with Gasteiger partial charge >= 0.3 is 0 Å². The molecular weight excluding hydrogens is 216 g/mol. The number of rotatable bonds is 3. The molecule has 1 aromatic carbocycles. The average molecular weight is 225 g/mol. The normalized spacial score (nSPS) is 10.3. The summed E-state index contributed by atoms with van der Waals surface area (Å²) in [6.07, 6.45) is 0. The Hall–Kier alpha value is -1.62. The first kappa shape index (κ1) is 9.92. The second-order valence-corrected chi connectivity index (χ2v) is 3.10. The molecule has 0 atom stereocenters. The van der Waals surface area contributed by atoms with E-state index in [1.807, 2.05) is 31.2 Å². The van der Waals surface area contributed by atoms with Crippen LogP contribution in [-0.4, -0.2) is 26.8 Å². The molecule has 1 aromatic heterocycles. The van der Waals surface area contributed by atoms with E-state index in [-0.39, 0.29) is 5.28 Å². The number of hydrogen-bond donors (Lipinski definition) is 0. The third-order valence-electron chi connectivity index (χ3n) is 1.82. The smallest absolute Gasteiger partial charge is 0.248 e. The van der Waals surface area contributed by atoms with E-state index in [1.54, 1.807) is 0 Å². The van der Waals surface area contributed by atoms with Gasteiger partial charge in [-0.25, -0.2) is 0 Å². The standard InChI is InChI=1S/C9H9ClN4O/c1-2-15-8-6-4-3-5-7(8)14-9(10)11-12-13-14/h3-6H,2H2,1H3. The summed E-state index contributed by atoms with van der Waals surface area (Å²) in [6.45, 7) is 2.49. The van der Waals surface area contributed by atoms with Gasteiger partial charge in [-0.2, -0.15) is 4.68 Å². The lowest BCUT2D eigenvalue weighted by atomic mass is 10.3. The van der Waals surface area contributed by atoms with Crippen LogP contribution in [0.3, 0.4) is 0 Å². The van der Waals surface area contributed by atoms with Gasteiger partial charge in [0.15, 0.2) is 0 Å². The molecule has 0 N–H and O–H groups in total. The molecule has 0 saturated carbocycles. The summed E-state index contributed by atoms with van der Waals surface area (Å²) in [5, 5.41) is 11.1. The van der Waals surface area contributed by atoms with Gasteiger partial charge < -0.3 is 4.74 Å². The molecule has 0 bridgehead atoms. The highest BCUT2D eigenvalue weighted by Gasteiger charge is 2.10. The summed E-state index contributed by atoms with van der Waals surface area (Å²) in [5.74, 6) is 0.703. The quantitative estimate of drug-likeness (QED) is 0.797. The van der Waals surface area contributed by atoms with Gasteiger partial charge in [-0.1, -0.05) is 17.2 Å². The van der Waals surface area contributed by atoms with E-state index >= 15 is 0 Å². The molecule has 2 aromatic rings. The number of benzene rings is 1. The number of halogens is 1. The van der Waals surface area contributed by atoms with E-state index in [0.29, 0.717) is 12.4 Å². The fraction of sp³-hybridized carbons (Fsp3) is 0.222. The van der Waals surface area contributed by atoms with Crippen molar-refractivity contribution in [3.63, 3.8) is 0 Å². The Balaban J connectivity index is 2.48. The lowest BCUT2D eigenvalue weighted by molar-refractivity contribution is 0.338. The van der Waals surface area contributed by atoms with Crippen molar-refractivity contribution in [1.29, 1.82) is 0 Å². The van der Waals surface area contributed by atoms with Gasteiger partial charge in [-0.15, -0.1) is 0 Å². The van der Waals surface area contributed by atoms with Gasteiger partial charge in [-0.05, 0) is 41.1 Å². The molecule has 0 aliphatic rings. The first-order valence-corrected chi connectivity index (χ1v) is 4.87. The molecule has 0 unspecified atom stereocenters. The molecule has 6 heteroatoms. The highest BCUT2D eigenvalue weighted by molar-refractivity contribution is 6.28. The van der Waals surface area contributed by atoms with Crippen molar-refractivity contribution in [3.05, 3.63) is 29.5 Å². The Bertz CT molecular complexity index is 457. The van der Waals surface area contributed by atoms with Gasteiger partial charge in [0.1, 0.15) is 11.4 Å². The lowest BCUT2D eigenvalue weighted by Gasteiger charge is -2.08. The molecule has 0 aliphatic heterocycles. The first-order valence-electron chi connectivity index (χ1n) is 4.49. The zero-order chi connectivity index (χ0) is 10.7. The fourth-order valence-corrected chi connectivity index (χ4v) is 1.39. The van der Waals surface area contributed by atoms with E-state index in [9.17, 15) is 0 Å². The van der Waals surface area contributed by atoms with E-state index < -0.39 is 0 Å². The molecule has 15 heavy (non-hydrogen) atoms. The van der Waals surface area contributed by atoms with Gasteiger partial charge in [0.05, 0.1) is 6.61 Å². The molecule has 0 fully saturated rings. The van der Waals surface area contributed by atoms with Crippen molar-refractivity contribution in [1.82, 2.24) is 20.2 Å². The minimum Gasteiger partial charge on any atom is -0.492 e. The maximum absolute atomic E-state index is 5.82. The van der Waals surface area contributed by atoms with E-state index in [0.717, 1.165) is 5.69 Å². The maximum atomic E-state index is 5.82. The largest absolute Gasteiger partial charge is 0.492 e. The Kier molecular flexibility index (Phi) is 2.82. The number of tetrazole rings is 1. The molecule has 0 aliphatic carbocycles. The molecule has 0 saturated heterocycles. The van der Waals surface area contributed by atoms with Crippen molar-refractivity contribution in [2.45, 2.75) is 6.92 Å². The van der Waals surface area contributed by atoms with Gasteiger partial charge in [-0.3, -0.25) is 0 Å². The topological polar surface area (TPSA) is 52.8 Å². The van der Waals surface area contributed by atoms with Gasteiger partial charge in [0.25, 0.3) is 0 Å². The van der Waals surface area contributed by atoms with Crippen molar-refractivity contribution in [3.8, 4) is 11.4 Å². The van der Waals surface area contributed by atoms with Crippen LogP contribution in [-0.2, 0) is 0 Å². The van der Waals surface area contributed by atoms with E-state index in [4.69, 9.17) is 16.3 Å². The van der Waals surface area contributed by atoms with Crippen LogP contribution in [0.1, 0.15) is 6.92 Å². The summed E-state index contributed by atoms with van der Waals surface area (Å²) in [6, 6.07) is 7.44. The molecule has 1 heterocycles. The highest BCUT2D eigenvalue weighted by atomic mass is 35.5. The van der Waals surface area contributed by atoms with Crippen LogP contribution in [0.4, 0.5) is 0 Å². The van der Waals surface area contributed by atoms with Crippen LogP contribution >= 0.6 is 11.6 Å². The molecule has 5 nitrogen and oxygen atoms in total. The van der Waals surface area contributed by atoms with E-state index in [1.165, 1.54) is 4.68 Å². The molecule has 0 amide bonds. The van der Waals surface area contributed by atoms with Crippen LogP contribution in [0.2, 0.25) is 5.28 Å². The summed E-state index contributed by atoms with van der Waals surface area (Å²) in [7, 11) is 0. The van der Waals surface area contributed by atoms with Gasteiger partial charge in [0, 0.05) is 0 Å². The summed E-state index contributed by atoms with van der Waals surface area (Å²) < 4.78 is 6.86. The second-order valence-electron chi connectivity index (χ2n) is 2.76. The number of hydrogen-bond acceptors (Lipinski definition) is 4. The van der Waals surface area contributed by atoms with Crippen molar-refractivity contribution >= 4 is 11.6 Å². The van der Waals surface area contributed by atoms with Crippen LogP contribution in [0.5, 0.6) is 5.75 Å². The second kappa shape index (κ2) is 4.27. The zero-order valence-electron chi connectivity index (χ0n) is 8.09. The predicted octanol–water partition coefficient (Wildman–Crippen LogP) is 1.71. The monoisotopic (exact) mass is 224 g/mol. The Labute approximate surface area is 91.6 Å². The van der Waals surface area contributed by atoms with Crippen LogP contribution in [0.25, 0.3) is 5.69 Å². The molecule has 2 rings (SSSR count). The van der Waals surface area contributed by atoms with Crippen LogP contribution in [0, 0.1) is 0 Å². The summed E-state index contributed by atoms with van der Waals surface area (Å²) in [5.41, 5.74) is 0.731. The van der Waals surface area contributed by atoms with Crippen LogP contribution < -0.4 is 4.74 Å². The Morgan fingerprint density at radius 3 is 2.87 bits per heavy atom. The molecule has 78 valence electrons. The minimum absolute atomic E-state index is 0.210. The molecule has 0 spiro atoms. The third-order valence-corrected chi connectivity index (χ3v) is 2.06. The van der Waals surface area contributed by atoms with E-state index in [2.05, 4.69) is 15.5 Å². The van der Waals surface area contributed by atoms with Gasteiger partial charge in [0.2, 0.25) is 5.28 Å². The maximum Gasteiger partial charge on any atom is 0.248 e. The van der Waals surface area contributed by atoms with Crippen molar-refractivity contribution in [2.24, 2.45) is 0 Å². The van der Waals surface area contributed by atoms with Crippen molar-refractivity contribution < 1.29 is 4.74 Å². The third kappa shape index (κ3) is 1.92. The molecular formula is C9H9ClN4O. The number of nitrogens with zero attached hydrogens (tertiary/aromatic N) is 4. The Morgan fingerprint density at radius 2 is 2.20 bits per heavy atom. The van der Waals surface area contributed by atoms with Crippen LogP contribution in [0.15, 0.2) is 24.3 Å². The number of ether oxygens (including phenoxy) is 1. The number of para-hydroxylation sites is 2. The first-order chi connectivity index (χ1) is 7.33. The average Bonchev–Trinajstić information content (AvgIpc) is 2.66. The zero-order valence-corrected chi connectivity index (χ0v) is 8.85. The minimum atomic E-state index is 0.210. The Morgan fingerprint density at radius 1 is 1.40 bits per heavy atom. The number of aromatic nitrogens is 4. The molecule has 0 radical (unpaired) electrons. The summed E-state index contributed by atoms with van der Waals surface area (Å²) >= 11 is 5.82. The lowest BCUT2D eigenvalue weighted by Crippen LogP contribution is -2.02. The predicted molar refractivity (Wildman–Crippen MR) is 55.3 cm³/mol. The highest BCUT2D eigenvalue weighted by Crippen LogP contribution is 2.23. The fourth-order valence-electron chi connectivity index (χ4n) is 1.23.